The van der Waals surface area contributed by atoms with Gasteiger partial charge in [0.15, 0.2) is 0 Å². The van der Waals surface area contributed by atoms with Crippen LogP contribution in [0.5, 0.6) is 0 Å². The summed E-state index contributed by atoms with van der Waals surface area (Å²) < 4.78 is 2.32. The molecule has 0 fully saturated rings. The Labute approximate surface area is 144 Å². The van der Waals surface area contributed by atoms with Crippen molar-refractivity contribution in [3.63, 3.8) is 0 Å². The molecule has 0 aliphatic carbocycles. The normalized spacial score (nSPS) is 12.2. The lowest BCUT2D eigenvalue weighted by atomic mass is 10.1. The van der Waals surface area contributed by atoms with E-state index in [0.29, 0.717) is 0 Å². The number of para-hydroxylation sites is 1. The first-order valence-corrected chi connectivity index (χ1v) is 8.85. The summed E-state index contributed by atoms with van der Waals surface area (Å²) in [4.78, 5) is 7.05. The molecule has 0 saturated carbocycles. The van der Waals surface area contributed by atoms with Crippen LogP contribution >= 0.6 is 0 Å². The van der Waals surface area contributed by atoms with Crippen molar-refractivity contribution < 1.29 is 0 Å². The van der Waals surface area contributed by atoms with Gasteiger partial charge in [0.1, 0.15) is 5.82 Å². The molecule has 0 N–H and O–H groups in total. The summed E-state index contributed by atoms with van der Waals surface area (Å²) in [5, 5.41) is 1.36. The van der Waals surface area contributed by atoms with Gasteiger partial charge in [-0.25, -0.2) is 4.98 Å². The smallest absolute Gasteiger partial charge is 0.110 e. The van der Waals surface area contributed by atoms with Crippen LogP contribution in [-0.4, -0.2) is 33.9 Å². The second kappa shape index (κ2) is 7.18. The maximum absolute atomic E-state index is 4.57. The number of aromatic nitrogens is 2. The molecular weight excluding hydrogens is 294 g/mol. The molecule has 0 spiro atoms. The first-order valence-electron chi connectivity index (χ1n) is 8.85. The molecule has 0 saturated heterocycles. The average molecular weight is 321 g/mol. The molecule has 24 heavy (non-hydrogen) atoms. The van der Waals surface area contributed by atoms with Gasteiger partial charge < -0.3 is 0 Å². The van der Waals surface area contributed by atoms with Gasteiger partial charge in [-0.05, 0) is 50.9 Å². The number of hydrogen-bond donors (Lipinski definition) is 0. The number of likely N-dealkylation sites (N-methyl/N-ethyl adjacent to an activating group) is 1. The molecule has 0 aliphatic heterocycles. The molecule has 3 aromatic rings. The third-order valence-electron chi connectivity index (χ3n) is 4.85. The highest BCUT2D eigenvalue weighted by atomic mass is 15.1. The number of hydrogen-bond acceptors (Lipinski definition) is 2. The van der Waals surface area contributed by atoms with Crippen molar-refractivity contribution in [2.75, 3.05) is 19.6 Å². The topological polar surface area (TPSA) is 20.5 Å². The van der Waals surface area contributed by atoms with Gasteiger partial charge in [0.25, 0.3) is 0 Å². The van der Waals surface area contributed by atoms with Crippen molar-refractivity contribution in [1.82, 2.24) is 14.3 Å². The first kappa shape index (κ1) is 16.7. The van der Waals surface area contributed by atoms with Crippen LogP contribution in [0.1, 0.15) is 30.8 Å². The quantitative estimate of drug-likeness (QED) is 0.621. The van der Waals surface area contributed by atoms with Crippen molar-refractivity contribution in [3.05, 3.63) is 59.6 Å². The summed E-state index contributed by atoms with van der Waals surface area (Å²) in [6, 6.07) is 8.71. The van der Waals surface area contributed by atoms with Gasteiger partial charge in [-0.3, -0.25) is 9.30 Å². The Balaban J connectivity index is 2.07. The van der Waals surface area contributed by atoms with Crippen LogP contribution < -0.4 is 0 Å². The molecule has 0 unspecified atom stereocenters. The number of fused-ring (bicyclic) bond motifs is 3. The summed E-state index contributed by atoms with van der Waals surface area (Å²) in [6.45, 7) is 11.8. The average Bonchev–Trinajstić information content (AvgIpc) is 2.94. The van der Waals surface area contributed by atoms with E-state index in [2.05, 4.69) is 78.4 Å². The standard InChI is InChI=1S/C21H27N3/c1-5-7-13-23(6-2)14-12-19-18-10-8-9-11-20(18)24-17(4)22-15-16(3)21(19)24/h5,7-11,15H,6,12-14H2,1-4H3. The van der Waals surface area contributed by atoms with Gasteiger partial charge in [0, 0.05) is 24.7 Å². The fourth-order valence-corrected chi connectivity index (χ4v) is 3.52. The molecule has 126 valence electrons. The lowest BCUT2D eigenvalue weighted by Gasteiger charge is -2.18. The molecule has 1 aromatic carbocycles. The summed E-state index contributed by atoms with van der Waals surface area (Å²) in [6.07, 6.45) is 7.43. The van der Waals surface area contributed by atoms with E-state index in [1.807, 2.05) is 6.20 Å². The summed E-state index contributed by atoms with van der Waals surface area (Å²) >= 11 is 0. The summed E-state index contributed by atoms with van der Waals surface area (Å²) in [5.74, 6) is 1.05. The molecule has 3 heteroatoms. The van der Waals surface area contributed by atoms with Crippen molar-refractivity contribution in [1.29, 1.82) is 0 Å². The largest absolute Gasteiger partial charge is 0.300 e. The third kappa shape index (κ3) is 2.96. The van der Waals surface area contributed by atoms with Gasteiger partial charge in [-0.1, -0.05) is 37.3 Å². The third-order valence-corrected chi connectivity index (χ3v) is 4.85. The minimum absolute atomic E-state index is 1.02. The number of nitrogens with zero attached hydrogens (tertiary/aromatic N) is 3. The zero-order valence-electron chi connectivity index (χ0n) is 15.2. The molecule has 2 aromatic heterocycles. The van der Waals surface area contributed by atoms with E-state index in [9.17, 15) is 0 Å². The van der Waals surface area contributed by atoms with Crippen LogP contribution in [0.3, 0.4) is 0 Å². The van der Waals surface area contributed by atoms with Gasteiger partial charge in [0.2, 0.25) is 0 Å². The lowest BCUT2D eigenvalue weighted by molar-refractivity contribution is 0.324. The minimum Gasteiger partial charge on any atom is -0.300 e. The second-order valence-corrected chi connectivity index (χ2v) is 6.38. The van der Waals surface area contributed by atoms with Crippen molar-refractivity contribution >= 4 is 16.4 Å². The predicted molar refractivity (Wildman–Crippen MR) is 103 cm³/mol. The van der Waals surface area contributed by atoms with Crippen LogP contribution in [0.4, 0.5) is 0 Å². The number of benzene rings is 1. The fourth-order valence-electron chi connectivity index (χ4n) is 3.52. The van der Waals surface area contributed by atoms with E-state index >= 15 is 0 Å². The Bertz CT molecular complexity index is 874. The molecule has 2 heterocycles. The monoisotopic (exact) mass is 321 g/mol. The molecule has 0 amide bonds. The van der Waals surface area contributed by atoms with E-state index in [0.717, 1.165) is 31.9 Å². The molecular formula is C21H27N3. The molecule has 0 aliphatic rings. The SMILES string of the molecule is CC=CCN(CC)CCc1c2ccccc2n2c(C)ncc(C)c12. The van der Waals surface area contributed by atoms with Crippen molar-refractivity contribution in [2.45, 2.75) is 34.1 Å². The number of aryl methyl sites for hydroxylation is 2. The van der Waals surface area contributed by atoms with Crippen LogP contribution in [0, 0.1) is 13.8 Å². The van der Waals surface area contributed by atoms with E-state index < -0.39 is 0 Å². The van der Waals surface area contributed by atoms with Crippen LogP contribution in [0.2, 0.25) is 0 Å². The Morgan fingerprint density at radius 2 is 2.00 bits per heavy atom. The fraction of sp³-hybridized carbons (Fsp3) is 0.381. The second-order valence-electron chi connectivity index (χ2n) is 6.38. The summed E-state index contributed by atoms with van der Waals surface area (Å²) in [7, 11) is 0. The van der Waals surface area contributed by atoms with Crippen LogP contribution in [0.15, 0.2) is 42.6 Å². The van der Waals surface area contributed by atoms with Crippen molar-refractivity contribution in [2.24, 2.45) is 0 Å². The van der Waals surface area contributed by atoms with Crippen LogP contribution in [-0.2, 0) is 6.42 Å². The Morgan fingerprint density at radius 1 is 1.21 bits per heavy atom. The zero-order valence-corrected chi connectivity index (χ0v) is 15.2. The number of allylic oxidation sites excluding steroid dienone is 1. The maximum Gasteiger partial charge on any atom is 0.110 e. The Hall–Kier alpha value is -2.13. The van der Waals surface area contributed by atoms with E-state index in [1.54, 1.807) is 0 Å². The van der Waals surface area contributed by atoms with E-state index in [-0.39, 0.29) is 0 Å². The van der Waals surface area contributed by atoms with E-state index in [4.69, 9.17) is 0 Å². The molecule has 0 bridgehead atoms. The highest BCUT2D eigenvalue weighted by Crippen LogP contribution is 2.29. The minimum atomic E-state index is 1.02. The highest BCUT2D eigenvalue weighted by Gasteiger charge is 2.15. The van der Waals surface area contributed by atoms with Gasteiger partial charge in [-0.15, -0.1) is 0 Å². The van der Waals surface area contributed by atoms with Gasteiger partial charge in [0.05, 0.1) is 11.0 Å². The predicted octanol–water partition coefficient (Wildman–Crippen LogP) is 4.54. The number of rotatable bonds is 6. The Kier molecular flexibility index (Phi) is 5.00. The zero-order chi connectivity index (χ0) is 17.1. The lowest BCUT2D eigenvalue weighted by Crippen LogP contribution is -2.26. The molecule has 3 rings (SSSR count). The Morgan fingerprint density at radius 3 is 2.75 bits per heavy atom. The molecule has 0 radical (unpaired) electrons. The summed E-state index contributed by atoms with van der Waals surface area (Å²) in [5.41, 5.74) is 5.31. The molecule has 0 atom stereocenters. The van der Waals surface area contributed by atoms with Gasteiger partial charge in [-0.2, -0.15) is 0 Å². The molecule has 3 nitrogen and oxygen atoms in total. The maximum atomic E-state index is 4.57. The van der Waals surface area contributed by atoms with E-state index in [1.165, 1.54) is 27.5 Å². The van der Waals surface area contributed by atoms with Crippen LogP contribution in [0.25, 0.3) is 16.4 Å². The first-order chi connectivity index (χ1) is 11.7. The highest BCUT2D eigenvalue weighted by molar-refractivity contribution is 5.93. The van der Waals surface area contributed by atoms with Gasteiger partial charge >= 0.3 is 0 Å². The van der Waals surface area contributed by atoms with Crippen molar-refractivity contribution in [3.8, 4) is 0 Å².